The molecule has 0 aliphatic heterocycles. The summed E-state index contributed by atoms with van der Waals surface area (Å²) in [6, 6.07) is 12.2. The highest BCUT2D eigenvalue weighted by atomic mass is 15.1. The Bertz CT molecular complexity index is 370. The molecule has 0 bridgehead atoms. The van der Waals surface area contributed by atoms with Crippen LogP contribution in [0.4, 0.5) is 0 Å². The number of benzene rings is 1. The summed E-state index contributed by atoms with van der Waals surface area (Å²) in [6.07, 6.45) is 9.48. The van der Waals surface area contributed by atoms with Gasteiger partial charge in [0, 0.05) is 12.1 Å². The number of hydrogen-bond acceptors (Lipinski definition) is 2. The molecule has 2 rings (SSSR count). The summed E-state index contributed by atoms with van der Waals surface area (Å²) in [4.78, 5) is 2.60. The highest BCUT2D eigenvalue weighted by Gasteiger charge is 2.19. The Kier molecular flexibility index (Phi) is 7.25. The number of hydrogen-bond donors (Lipinski definition) is 1. The molecule has 2 heteroatoms. The van der Waals surface area contributed by atoms with Crippen LogP contribution in [0, 0.1) is 0 Å². The van der Waals surface area contributed by atoms with Crippen LogP contribution in [-0.4, -0.2) is 31.1 Å². The van der Waals surface area contributed by atoms with E-state index in [1.54, 1.807) is 0 Å². The third kappa shape index (κ3) is 5.44. The van der Waals surface area contributed by atoms with Crippen LogP contribution < -0.4 is 5.32 Å². The van der Waals surface area contributed by atoms with E-state index in [1.807, 2.05) is 0 Å². The fourth-order valence-corrected chi connectivity index (χ4v) is 3.43. The first-order chi connectivity index (χ1) is 10.3. The fraction of sp³-hybridized carbons (Fsp3) is 0.684. The Morgan fingerprint density at radius 2 is 1.86 bits per heavy atom. The molecule has 0 heterocycles. The van der Waals surface area contributed by atoms with Crippen molar-refractivity contribution in [3.63, 3.8) is 0 Å². The van der Waals surface area contributed by atoms with Crippen LogP contribution in [0.5, 0.6) is 0 Å². The van der Waals surface area contributed by atoms with E-state index in [4.69, 9.17) is 0 Å². The highest BCUT2D eigenvalue weighted by Crippen LogP contribution is 2.23. The maximum Gasteiger partial charge on any atom is 0.0332 e. The molecular weight excluding hydrogens is 256 g/mol. The summed E-state index contributed by atoms with van der Waals surface area (Å²) in [5.74, 6) is 0. The Hall–Kier alpha value is -0.860. The largest absolute Gasteiger partial charge is 0.310 e. The zero-order valence-electron chi connectivity index (χ0n) is 13.9. The maximum atomic E-state index is 3.72. The van der Waals surface area contributed by atoms with Gasteiger partial charge in [-0.1, -0.05) is 56.5 Å². The van der Waals surface area contributed by atoms with Gasteiger partial charge >= 0.3 is 0 Å². The third-order valence-corrected chi connectivity index (χ3v) is 4.81. The molecule has 0 aromatic heterocycles. The first kappa shape index (κ1) is 16.5. The van der Waals surface area contributed by atoms with Crippen molar-refractivity contribution in [2.45, 2.75) is 64.0 Å². The lowest BCUT2D eigenvalue weighted by molar-refractivity contribution is 0.183. The molecule has 0 spiro atoms. The van der Waals surface area contributed by atoms with E-state index in [9.17, 15) is 0 Å². The molecule has 1 atom stereocenters. The standard InChI is InChI=1S/C19H32N2/c1-3-15-20-19(17-10-6-4-7-11-17)14-16-21(2)18-12-8-5-9-13-18/h4,6-7,10-11,18-20H,3,5,8-9,12-16H2,1-2H3. The molecule has 21 heavy (non-hydrogen) atoms. The van der Waals surface area contributed by atoms with Gasteiger partial charge in [0.15, 0.2) is 0 Å². The number of nitrogens with one attached hydrogen (secondary N) is 1. The van der Waals surface area contributed by atoms with E-state index < -0.39 is 0 Å². The molecule has 1 aliphatic carbocycles. The molecule has 1 aromatic carbocycles. The van der Waals surface area contributed by atoms with E-state index in [1.165, 1.54) is 57.1 Å². The van der Waals surface area contributed by atoms with Crippen LogP contribution in [0.3, 0.4) is 0 Å². The van der Waals surface area contributed by atoms with Crippen LogP contribution in [0.15, 0.2) is 30.3 Å². The molecule has 0 amide bonds. The highest BCUT2D eigenvalue weighted by molar-refractivity contribution is 5.18. The fourth-order valence-electron chi connectivity index (χ4n) is 3.43. The maximum absolute atomic E-state index is 3.72. The summed E-state index contributed by atoms with van der Waals surface area (Å²) in [5.41, 5.74) is 1.43. The van der Waals surface area contributed by atoms with Crippen molar-refractivity contribution in [1.29, 1.82) is 0 Å². The normalized spacial score (nSPS) is 18.0. The SMILES string of the molecule is CCCNC(CCN(C)C1CCCCC1)c1ccccc1. The van der Waals surface area contributed by atoms with Gasteiger partial charge < -0.3 is 10.2 Å². The molecule has 1 aromatic rings. The summed E-state index contributed by atoms with van der Waals surface area (Å²) >= 11 is 0. The van der Waals surface area contributed by atoms with Crippen molar-refractivity contribution in [3.05, 3.63) is 35.9 Å². The molecular formula is C19H32N2. The predicted octanol–water partition coefficient (Wildman–Crippen LogP) is 4.38. The van der Waals surface area contributed by atoms with E-state index in [0.717, 1.165) is 12.6 Å². The Morgan fingerprint density at radius 1 is 1.14 bits per heavy atom. The first-order valence-electron chi connectivity index (χ1n) is 8.80. The van der Waals surface area contributed by atoms with Gasteiger partial charge in [-0.3, -0.25) is 0 Å². The van der Waals surface area contributed by atoms with Crippen LogP contribution in [0.25, 0.3) is 0 Å². The van der Waals surface area contributed by atoms with Crippen LogP contribution in [-0.2, 0) is 0 Å². The minimum atomic E-state index is 0.497. The van der Waals surface area contributed by atoms with Gasteiger partial charge in [0.25, 0.3) is 0 Å². The average molecular weight is 288 g/mol. The molecule has 2 nitrogen and oxygen atoms in total. The minimum absolute atomic E-state index is 0.497. The number of rotatable bonds is 8. The quantitative estimate of drug-likeness (QED) is 0.763. The van der Waals surface area contributed by atoms with E-state index in [0.29, 0.717) is 6.04 Å². The molecule has 1 N–H and O–H groups in total. The topological polar surface area (TPSA) is 15.3 Å². The van der Waals surface area contributed by atoms with Gasteiger partial charge in [-0.15, -0.1) is 0 Å². The van der Waals surface area contributed by atoms with Gasteiger partial charge in [-0.2, -0.15) is 0 Å². The van der Waals surface area contributed by atoms with Crippen molar-refractivity contribution in [2.24, 2.45) is 0 Å². The number of nitrogens with zero attached hydrogens (tertiary/aromatic N) is 1. The second-order valence-corrected chi connectivity index (χ2v) is 6.48. The monoisotopic (exact) mass is 288 g/mol. The van der Waals surface area contributed by atoms with E-state index in [-0.39, 0.29) is 0 Å². The second kappa shape index (κ2) is 9.22. The lowest BCUT2D eigenvalue weighted by atomic mass is 9.94. The second-order valence-electron chi connectivity index (χ2n) is 6.48. The van der Waals surface area contributed by atoms with Gasteiger partial charge in [0.1, 0.15) is 0 Å². The van der Waals surface area contributed by atoms with Crippen molar-refractivity contribution < 1.29 is 0 Å². The lowest BCUT2D eigenvalue weighted by Crippen LogP contribution is -2.36. The summed E-state index contributed by atoms with van der Waals surface area (Å²) in [6.45, 7) is 4.54. The third-order valence-electron chi connectivity index (χ3n) is 4.81. The van der Waals surface area contributed by atoms with Gasteiger partial charge in [0.2, 0.25) is 0 Å². The lowest BCUT2D eigenvalue weighted by Gasteiger charge is -2.32. The van der Waals surface area contributed by atoms with Crippen LogP contribution in [0.2, 0.25) is 0 Å². The zero-order chi connectivity index (χ0) is 14.9. The van der Waals surface area contributed by atoms with Gasteiger partial charge in [-0.25, -0.2) is 0 Å². The van der Waals surface area contributed by atoms with Crippen molar-refractivity contribution in [3.8, 4) is 0 Å². The van der Waals surface area contributed by atoms with Crippen molar-refractivity contribution >= 4 is 0 Å². The molecule has 1 unspecified atom stereocenters. The predicted molar refractivity (Wildman–Crippen MR) is 91.6 cm³/mol. The van der Waals surface area contributed by atoms with Crippen molar-refractivity contribution in [1.82, 2.24) is 10.2 Å². The van der Waals surface area contributed by atoms with Crippen LogP contribution >= 0.6 is 0 Å². The average Bonchev–Trinajstić information content (AvgIpc) is 2.56. The van der Waals surface area contributed by atoms with Crippen molar-refractivity contribution in [2.75, 3.05) is 20.1 Å². The van der Waals surface area contributed by atoms with Gasteiger partial charge in [-0.05, 0) is 51.4 Å². The zero-order valence-corrected chi connectivity index (χ0v) is 13.9. The van der Waals surface area contributed by atoms with Gasteiger partial charge in [0.05, 0.1) is 0 Å². The van der Waals surface area contributed by atoms with E-state index in [2.05, 4.69) is 54.5 Å². The molecule has 1 aliphatic rings. The Labute approximate surface area is 130 Å². The van der Waals surface area contributed by atoms with Crippen LogP contribution in [0.1, 0.15) is 63.5 Å². The summed E-state index contributed by atoms with van der Waals surface area (Å²) in [7, 11) is 2.32. The van der Waals surface area contributed by atoms with E-state index >= 15 is 0 Å². The molecule has 1 fully saturated rings. The minimum Gasteiger partial charge on any atom is -0.310 e. The Balaban J connectivity index is 1.86. The Morgan fingerprint density at radius 3 is 2.52 bits per heavy atom. The smallest absolute Gasteiger partial charge is 0.0332 e. The first-order valence-corrected chi connectivity index (χ1v) is 8.80. The molecule has 118 valence electrons. The molecule has 0 radical (unpaired) electrons. The summed E-state index contributed by atoms with van der Waals surface area (Å²) in [5, 5.41) is 3.72. The molecule has 0 saturated heterocycles. The summed E-state index contributed by atoms with van der Waals surface area (Å²) < 4.78 is 0. The molecule has 1 saturated carbocycles.